The summed E-state index contributed by atoms with van der Waals surface area (Å²) in [6.45, 7) is 5.30. The highest BCUT2D eigenvalue weighted by Crippen LogP contribution is 2.42. The van der Waals surface area contributed by atoms with Crippen LogP contribution in [0.5, 0.6) is 0 Å². The van der Waals surface area contributed by atoms with Crippen molar-refractivity contribution in [3.8, 4) is 0 Å². The third kappa shape index (κ3) is 3.60. The number of anilines is 1. The van der Waals surface area contributed by atoms with Crippen LogP contribution in [-0.2, 0) is 4.74 Å². The molecule has 3 heterocycles. The van der Waals surface area contributed by atoms with Gasteiger partial charge in [0.05, 0.1) is 30.2 Å². The number of nitrogens with zero attached hydrogens (tertiary/aromatic N) is 3. The molecule has 0 bridgehead atoms. The van der Waals surface area contributed by atoms with Crippen LogP contribution in [0.25, 0.3) is 11.0 Å². The van der Waals surface area contributed by atoms with Crippen molar-refractivity contribution < 1.29 is 19.0 Å². The minimum atomic E-state index is -1.54. The maximum atomic E-state index is 15.2. The van der Waals surface area contributed by atoms with Crippen LogP contribution >= 0.6 is 0 Å². The van der Waals surface area contributed by atoms with Crippen molar-refractivity contribution >= 4 is 22.8 Å². The van der Waals surface area contributed by atoms with Gasteiger partial charge in [0.25, 0.3) is 5.56 Å². The number of fused-ring (bicyclic) bond motifs is 1. The van der Waals surface area contributed by atoms with E-state index in [-0.39, 0.29) is 41.3 Å². The predicted molar refractivity (Wildman–Crippen MR) is 110 cm³/mol. The number of ketones is 1. The summed E-state index contributed by atoms with van der Waals surface area (Å²) in [7, 11) is 0. The molecule has 1 aliphatic heterocycles. The maximum absolute atomic E-state index is 15.2. The van der Waals surface area contributed by atoms with Gasteiger partial charge in [-0.15, -0.1) is 0 Å². The third-order valence-electron chi connectivity index (χ3n) is 6.21. The maximum Gasteiger partial charge on any atom is 0.252 e. The van der Waals surface area contributed by atoms with Gasteiger partial charge in [-0.1, -0.05) is 0 Å². The number of halogens is 1. The fourth-order valence-electron chi connectivity index (χ4n) is 4.60. The number of pyridine rings is 1. The predicted octanol–water partition coefficient (Wildman–Crippen LogP) is 2.32. The summed E-state index contributed by atoms with van der Waals surface area (Å²) in [6.07, 6.45) is 1.35. The van der Waals surface area contributed by atoms with Gasteiger partial charge >= 0.3 is 0 Å². The van der Waals surface area contributed by atoms with Gasteiger partial charge in [-0.3, -0.25) is 14.2 Å². The lowest BCUT2D eigenvalue weighted by Crippen LogP contribution is -2.42. The van der Waals surface area contributed by atoms with Gasteiger partial charge in [-0.25, -0.2) is 9.37 Å². The Balaban J connectivity index is 1.92. The van der Waals surface area contributed by atoms with Crippen molar-refractivity contribution in [2.45, 2.75) is 70.3 Å². The molecule has 2 fully saturated rings. The number of nitrogens with one attached hydrogen (secondary N) is 1. The van der Waals surface area contributed by atoms with Gasteiger partial charge in [0.15, 0.2) is 5.78 Å². The van der Waals surface area contributed by atoms with Crippen molar-refractivity contribution in [1.82, 2.24) is 14.5 Å². The Morgan fingerprint density at radius 2 is 2.17 bits per heavy atom. The van der Waals surface area contributed by atoms with E-state index in [1.807, 2.05) is 0 Å². The number of alkyl halides is 1. The van der Waals surface area contributed by atoms with Gasteiger partial charge < -0.3 is 15.2 Å². The van der Waals surface area contributed by atoms with Crippen molar-refractivity contribution in [1.29, 1.82) is 0 Å². The summed E-state index contributed by atoms with van der Waals surface area (Å²) in [5.41, 5.74) is -0.889. The van der Waals surface area contributed by atoms with E-state index >= 15 is 4.39 Å². The number of Topliss-reactive ketones (excluding diaryl/α,β-unsaturated/α-hetero) is 1. The number of aliphatic hydroxyl groups excluding tert-OH is 1. The van der Waals surface area contributed by atoms with Crippen molar-refractivity contribution in [2.75, 3.05) is 18.5 Å². The molecule has 4 rings (SSSR count). The Bertz CT molecular complexity index is 1050. The Labute approximate surface area is 173 Å². The minimum Gasteiger partial charge on any atom is -0.389 e. The summed E-state index contributed by atoms with van der Waals surface area (Å²) in [6, 6.07) is 0.408. The van der Waals surface area contributed by atoms with Gasteiger partial charge in [0.2, 0.25) is 5.95 Å². The van der Waals surface area contributed by atoms with Crippen LogP contribution in [0.15, 0.2) is 10.9 Å². The molecular formula is C21H27FN4O4. The Morgan fingerprint density at radius 3 is 2.80 bits per heavy atom. The summed E-state index contributed by atoms with van der Waals surface area (Å²) < 4.78 is 21.9. The van der Waals surface area contributed by atoms with E-state index in [9.17, 15) is 14.7 Å². The molecule has 2 aromatic rings. The van der Waals surface area contributed by atoms with Crippen LogP contribution < -0.4 is 10.9 Å². The van der Waals surface area contributed by atoms with Crippen molar-refractivity contribution in [3.05, 3.63) is 27.7 Å². The molecule has 2 aromatic heterocycles. The summed E-state index contributed by atoms with van der Waals surface area (Å²) in [5, 5.41) is 13.7. The average molecular weight is 418 g/mol. The number of aliphatic hydroxyl groups is 1. The molecule has 8 nitrogen and oxygen atoms in total. The smallest absolute Gasteiger partial charge is 0.252 e. The molecule has 2 aliphatic rings. The van der Waals surface area contributed by atoms with E-state index in [1.54, 1.807) is 6.92 Å². The van der Waals surface area contributed by atoms with E-state index < -0.39 is 17.8 Å². The van der Waals surface area contributed by atoms with E-state index in [1.165, 1.54) is 24.5 Å². The monoisotopic (exact) mass is 418 g/mol. The molecule has 162 valence electrons. The van der Waals surface area contributed by atoms with Crippen LogP contribution in [0.4, 0.5) is 10.3 Å². The second-order valence-corrected chi connectivity index (χ2v) is 8.55. The second-order valence-electron chi connectivity index (χ2n) is 8.55. The fourth-order valence-corrected chi connectivity index (χ4v) is 4.60. The minimum absolute atomic E-state index is 0.135. The van der Waals surface area contributed by atoms with Gasteiger partial charge in [-0.2, -0.15) is 4.98 Å². The number of carbonyl (C=O) groups is 1. The highest BCUT2D eigenvalue weighted by Gasteiger charge is 2.42. The SMILES string of the molecule is CC(=O)c1nc(N[C@@H]2CCOC[C@H]2O)nc2c1c(C)cc(=O)n2[C@@H]1CCC[C@]1(C)F. The lowest BCUT2D eigenvalue weighted by Gasteiger charge is -2.29. The Morgan fingerprint density at radius 1 is 1.40 bits per heavy atom. The van der Waals surface area contributed by atoms with Crippen LogP contribution in [-0.4, -0.2) is 56.5 Å². The lowest BCUT2D eigenvalue weighted by atomic mass is 10.0. The number of rotatable bonds is 4. The van der Waals surface area contributed by atoms with E-state index in [2.05, 4.69) is 15.3 Å². The zero-order valence-corrected chi connectivity index (χ0v) is 17.4. The van der Waals surface area contributed by atoms with Crippen LogP contribution in [0, 0.1) is 6.92 Å². The zero-order valence-electron chi connectivity index (χ0n) is 17.4. The summed E-state index contributed by atoms with van der Waals surface area (Å²) in [5.74, 6) is -0.142. The number of hydrogen-bond donors (Lipinski definition) is 2. The highest BCUT2D eigenvalue weighted by molar-refractivity contribution is 6.05. The highest BCUT2D eigenvalue weighted by atomic mass is 19.1. The largest absolute Gasteiger partial charge is 0.389 e. The summed E-state index contributed by atoms with van der Waals surface area (Å²) >= 11 is 0. The molecular weight excluding hydrogens is 391 g/mol. The van der Waals surface area contributed by atoms with Crippen molar-refractivity contribution in [2.24, 2.45) is 0 Å². The number of aryl methyl sites for hydroxylation is 1. The Hall–Kier alpha value is -2.39. The standard InChI is InChI=1S/C21H27FN4O4/c1-11-9-16(29)26(15-5-4-7-21(15,3)22)19-17(11)18(12(2)27)24-20(25-19)23-13-6-8-30-10-14(13)28/h9,13-15,28H,4-8,10H2,1-3H3,(H,23,24,25)/t13-,14-,15-,21+/m1/s1. The molecule has 1 saturated heterocycles. The normalized spacial score (nSPS) is 29.3. The molecule has 30 heavy (non-hydrogen) atoms. The Kier molecular flexibility index (Phi) is 5.36. The van der Waals surface area contributed by atoms with Crippen molar-refractivity contribution in [3.63, 3.8) is 0 Å². The van der Waals surface area contributed by atoms with E-state index in [0.29, 0.717) is 43.2 Å². The number of carbonyl (C=O) groups excluding carboxylic acids is 1. The van der Waals surface area contributed by atoms with Gasteiger partial charge in [0.1, 0.15) is 17.0 Å². The molecule has 0 radical (unpaired) electrons. The second kappa shape index (κ2) is 7.70. The molecule has 0 unspecified atom stereocenters. The number of hydrogen-bond acceptors (Lipinski definition) is 7. The third-order valence-corrected chi connectivity index (χ3v) is 6.21. The molecule has 2 N–H and O–H groups in total. The molecule has 0 aromatic carbocycles. The zero-order chi connectivity index (χ0) is 21.6. The van der Waals surface area contributed by atoms with Crippen LogP contribution in [0.2, 0.25) is 0 Å². The first-order chi connectivity index (χ1) is 14.2. The average Bonchev–Trinajstić information content (AvgIpc) is 3.01. The molecule has 1 aliphatic carbocycles. The van der Waals surface area contributed by atoms with E-state index in [0.717, 1.165) is 0 Å². The summed E-state index contributed by atoms with van der Waals surface area (Å²) in [4.78, 5) is 34.3. The topological polar surface area (TPSA) is 106 Å². The lowest BCUT2D eigenvalue weighted by molar-refractivity contribution is -0.0136. The first-order valence-corrected chi connectivity index (χ1v) is 10.3. The van der Waals surface area contributed by atoms with Crippen LogP contribution in [0.3, 0.4) is 0 Å². The van der Waals surface area contributed by atoms with E-state index in [4.69, 9.17) is 4.74 Å². The van der Waals surface area contributed by atoms with Crippen LogP contribution in [0.1, 0.15) is 61.6 Å². The molecule has 9 heteroatoms. The molecule has 1 saturated carbocycles. The number of aromatic nitrogens is 3. The first-order valence-electron chi connectivity index (χ1n) is 10.3. The van der Waals surface area contributed by atoms with Gasteiger partial charge in [-0.05, 0) is 45.1 Å². The first kappa shape index (κ1) is 20.9. The molecule has 0 amide bonds. The number of ether oxygens (including phenoxy) is 1. The molecule has 4 atom stereocenters. The quantitative estimate of drug-likeness (QED) is 0.734. The van der Waals surface area contributed by atoms with Gasteiger partial charge in [0, 0.05) is 19.6 Å². The molecule has 0 spiro atoms. The fraction of sp³-hybridized carbons (Fsp3) is 0.619.